The molecular formula is C17H25ClFN3O2S. The van der Waals surface area contributed by atoms with Crippen molar-refractivity contribution in [3.63, 3.8) is 0 Å². The summed E-state index contributed by atoms with van der Waals surface area (Å²) in [6.07, 6.45) is 3.97. The largest absolute Gasteiger partial charge is 0.338 e. The zero-order chi connectivity index (χ0) is 19.1. The molecule has 0 saturated carbocycles. The summed E-state index contributed by atoms with van der Waals surface area (Å²) < 4.78 is 29.9. The van der Waals surface area contributed by atoms with E-state index in [1.165, 1.54) is 10.6 Å². The number of nitrogens with zero attached hydrogens (tertiary/aromatic N) is 1. The Morgan fingerprint density at radius 2 is 2.08 bits per heavy atom. The predicted molar refractivity (Wildman–Crippen MR) is 105 cm³/mol. The maximum atomic E-state index is 14.1. The van der Waals surface area contributed by atoms with E-state index in [1.807, 2.05) is 20.8 Å². The van der Waals surface area contributed by atoms with Crippen LogP contribution in [0.5, 0.6) is 0 Å². The molecule has 0 amide bonds. The third-order valence-electron chi connectivity index (χ3n) is 3.55. The number of aromatic nitrogens is 1. The predicted octanol–water partition coefficient (Wildman–Crippen LogP) is 4.18. The number of hydrogen-bond donors (Lipinski definition) is 2. The topological polar surface area (TPSA) is 63.1 Å². The highest BCUT2D eigenvalue weighted by Crippen LogP contribution is 2.28. The summed E-state index contributed by atoms with van der Waals surface area (Å²) in [6.45, 7) is 7.58. The molecule has 0 bridgehead atoms. The first-order chi connectivity index (χ1) is 11.8. The highest BCUT2D eigenvalue weighted by atomic mass is 35.5. The summed E-state index contributed by atoms with van der Waals surface area (Å²) in [5, 5.41) is 2.82. The molecule has 0 saturated heterocycles. The number of hydrogen-bond acceptors (Lipinski definition) is 3. The van der Waals surface area contributed by atoms with Crippen LogP contribution in [-0.2, 0) is 18.0 Å². The van der Waals surface area contributed by atoms with Gasteiger partial charge >= 0.3 is 0 Å². The summed E-state index contributed by atoms with van der Waals surface area (Å²) in [5.41, 5.74) is 0.982. The van der Waals surface area contributed by atoms with E-state index in [0.29, 0.717) is 29.2 Å². The Morgan fingerprint density at radius 1 is 1.44 bits per heavy atom. The second-order valence-electron chi connectivity index (χ2n) is 5.48. The van der Waals surface area contributed by atoms with Gasteiger partial charge < -0.3 is 10.0 Å². The van der Waals surface area contributed by atoms with Crippen molar-refractivity contribution in [3.05, 3.63) is 45.7 Å². The van der Waals surface area contributed by atoms with Crippen molar-refractivity contribution in [3.8, 4) is 0 Å². The van der Waals surface area contributed by atoms with Crippen molar-refractivity contribution in [1.29, 1.82) is 0 Å². The van der Waals surface area contributed by atoms with Gasteiger partial charge in [-0.25, -0.2) is 8.60 Å². The summed E-state index contributed by atoms with van der Waals surface area (Å²) >= 11 is 5.56. The van der Waals surface area contributed by atoms with E-state index in [-0.39, 0.29) is 22.5 Å². The Kier molecular flexibility index (Phi) is 8.38. The van der Waals surface area contributed by atoms with Gasteiger partial charge in [-0.15, -0.1) is 11.6 Å². The smallest absolute Gasteiger partial charge is 0.254 e. The third-order valence-corrected chi connectivity index (χ3v) is 4.79. The lowest BCUT2D eigenvalue weighted by Crippen LogP contribution is -2.25. The molecule has 0 spiro atoms. The van der Waals surface area contributed by atoms with Gasteiger partial charge in [0.1, 0.15) is 27.8 Å². The number of pyridine rings is 1. The van der Waals surface area contributed by atoms with Crippen molar-refractivity contribution in [2.75, 3.05) is 15.3 Å². The molecule has 2 unspecified atom stereocenters. The monoisotopic (exact) mass is 389 g/mol. The number of rotatable bonds is 5. The number of halogens is 2. The normalized spacial score (nSPS) is 17.6. The quantitative estimate of drug-likeness (QED) is 0.742. The highest BCUT2D eigenvalue weighted by Gasteiger charge is 2.17. The maximum absolute atomic E-state index is 14.1. The van der Waals surface area contributed by atoms with E-state index < -0.39 is 11.0 Å². The van der Waals surface area contributed by atoms with Crippen LogP contribution >= 0.6 is 11.6 Å². The molecule has 0 radical (unpaired) electrons. The number of nitrogens with one attached hydrogen (secondary N) is 2. The molecule has 1 aromatic rings. The molecule has 0 aliphatic heterocycles. The first kappa shape index (κ1) is 21.4. The molecule has 140 valence electrons. The number of allylic oxidation sites excluding steroid dienone is 3. The average molecular weight is 390 g/mol. The Morgan fingerprint density at radius 3 is 2.64 bits per heavy atom. The Bertz CT molecular complexity index is 759. The molecule has 1 aliphatic carbocycles. The van der Waals surface area contributed by atoms with Gasteiger partial charge in [-0.1, -0.05) is 26.8 Å². The van der Waals surface area contributed by atoms with Crippen LogP contribution in [0.3, 0.4) is 0 Å². The summed E-state index contributed by atoms with van der Waals surface area (Å²) in [5.74, 6) is 0.0911. The number of alkyl halides is 1. The molecule has 2 N–H and O–H groups in total. The fourth-order valence-corrected chi connectivity index (χ4v) is 2.94. The number of aryl methyl sites for hydroxylation is 1. The van der Waals surface area contributed by atoms with Crippen LogP contribution in [0.25, 0.3) is 0 Å². The van der Waals surface area contributed by atoms with Crippen molar-refractivity contribution < 1.29 is 8.60 Å². The fraction of sp³-hybridized carbons (Fsp3) is 0.471. The average Bonchev–Trinajstić information content (AvgIpc) is 2.59. The van der Waals surface area contributed by atoms with Gasteiger partial charge in [-0.05, 0) is 31.4 Å². The van der Waals surface area contributed by atoms with Gasteiger partial charge in [0.25, 0.3) is 5.56 Å². The minimum Gasteiger partial charge on any atom is -0.338 e. The molecule has 8 heteroatoms. The van der Waals surface area contributed by atoms with E-state index >= 15 is 0 Å². The highest BCUT2D eigenvalue weighted by molar-refractivity contribution is 7.87. The van der Waals surface area contributed by atoms with E-state index in [2.05, 4.69) is 10.0 Å². The standard InChI is InChI=1S/C15H19ClFN3O2S.C2H6/c1-9-4-5-12(11(17)6-9)18-14-13(19-23(22)8-16)7-10(2)15(21)20(14)3;1-2/h5-7,9,18-19H,4,8H2,1-3H3;1-2H3. The lowest BCUT2D eigenvalue weighted by molar-refractivity contribution is 0.601. The zero-order valence-electron chi connectivity index (χ0n) is 15.2. The van der Waals surface area contributed by atoms with Crippen molar-refractivity contribution in [2.24, 2.45) is 13.0 Å². The molecule has 0 fully saturated rings. The second-order valence-corrected chi connectivity index (χ2v) is 7.25. The molecule has 1 aliphatic rings. The van der Waals surface area contributed by atoms with E-state index in [1.54, 1.807) is 26.1 Å². The van der Waals surface area contributed by atoms with Gasteiger partial charge in [0.15, 0.2) is 0 Å². The maximum Gasteiger partial charge on any atom is 0.254 e. The third kappa shape index (κ3) is 5.44. The molecule has 0 aromatic carbocycles. The van der Waals surface area contributed by atoms with Crippen LogP contribution in [-0.4, -0.2) is 14.0 Å². The summed E-state index contributed by atoms with van der Waals surface area (Å²) in [6, 6.07) is 1.57. The Labute approximate surface area is 155 Å². The molecule has 1 heterocycles. The van der Waals surface area contributed by atoms with Gasteiger partial charge in [0.05, 0.1) is 11.4 Å². The van der Waals surface area contributed by atoms with E-state index in [9.17, 15) is 13.4 Å². The van der Waals surface area contributed by atoms with Crippen LogP contribution < -0.4 is 15.6 Å². The Balaban J connectivity index is 0.00000151. The van der Waals surface area contributed by atoms with Crippen molar-refractivity contribution >= 4 is 34.1 Å². The minimum absolute atomic E-state index is 0.101. The SMILES string of the molecule is CC.Cc1cc(NS(=O)CCl)c(NC2=CCC(C)C=C2F)n(C)c1=O. The molecule has 2 atom stereocenters. The molecular weight excluding hydrogens is 365 g/mol. The fourth-order valence-electron chi connectivity index (χ4n) is 2.32. The van der Waals surface area contributed by atoms with Crippen LogP contribution in [0.1, 0.15) is 32.8 Å². The molecule has 5 nitrogen and oxygen atoms in total. The zero-order valence-corrected chi connectivity index (χ0v) is 16.7. The van der Waals surface area contributed by atoms with Gasteiger partial charge in [-0.2, -0.15) is 0 Å². The number of anilines is 2. The van der Waals surface area contributed by atoms with Crippen molar-refractivity contribution in [2.45, 2.75) is 34.1 Å². The van der Waals surface area contributed by atoms with Crippen LogP contribution in [0, 0.1) is 12.8 Å². The van der Waals surface area contributed by atoms with Crippen LogP contribution in [0.4, 0.5) is 15.9 Å². The van der Waals surface area contributed by atoms with Crippen LogP contribution in [0.2, 0.25) is 0 Å². The van der Waals surface area contributed by atoms with E-state index in [0.717, 1.165) is 0 Å². The molecule has 1 aromatic heterocycles. The molecule has 25 heavy (non-hydrogen) atoms. The lowest BCUT2D eigenvalue weighted by atomic mass is 10.0. The first-order valence-corrected chi connectivity index (χ1v) is 9.95. The summed E-state index contributed by atoms with van der Waals surface area (Å²) in [4.78, 5) is 12.1. The molecule has 2 rings (SSSR count). The first-order valence-electron chi connectivity index (χ1n) is 8.10. The van der Waals surface area contributed by atoms with Gasteiger partial charge in [0, 0.05) is 12.6 Å². The van der Waals surface area contributed by atoms with Gasteiger partial charge in [-0.3, -0.25) is 9.36 Å². The lowest BCUT2D eigenvalue weighted by Gasteiger charge is -2.21. The van der Waals surface area contributed by atoms with Crippen molar-refractivity contribution in [1.82, 2.24) is 4.57 Å². The second kappa shape index (κ2) is 9.77. The summed E-state index contributed by atoms with van der Waals surface area (Å²) in [7, 11) is 0.0694. The van der Waals surface area contributed by atoms with Gasteiger partial charge in [0.2, 0.25) is 0 Å². The minimum atomic E-state index is -1.50. The Hall–Kier alpha value is -1.60. The van der Waals surface area contributed by atoms with E-state index in [4.69, 9.17) is 11.6 Å². The van der Waals surface area contributed by atoms with Crippen LogP contribution in [0.15, 0.2) is 34.5 Å².